The van der Waals surface area contributed by atoms with Crippen molar-refractivity contribution in [2.24, 2.45) is 0 Å². The maximum atomic E-state index is 12.1. The molecule has 4 nitrogen and oxygen atoms in total. The van der Waals surface area contributed by atoms with E-state index in [9.17, 15) is 4.79 Å². The Balaban J connectivity index is 1.92. The summed E-state index contributed by atoms with van der Waals surface area (Å²) in [6.45, 7) is 9.59. The Morgan fingerprint density at radius 1 is 1.37 bits per heavy atom. The quantitative estimate of drug-likeness (QED) is 0.869. The Morgan fingerprint density at radius 3 is 2.68 bits per heavy atom. The van der Waals surface area contributed by atoms with E-state index in [1.54, 1.807) is 0 Å². The van der Waals surface area contributed by atoms with Crippen LogP contribution in [0.3, 0.4) is 0 Å². The number of benzene rings is 1. The fourth-order valence-corrected chi connectivity index (χ4v) is 2.33. The highest BCUT2D eigenvalue weighted by Crippen LogP contribution is 2.16. The van der Waals surface area contributed by atoms with Gasteiger partial charge in [0, 0.05) is 30.9 Å². The number of anilines is 1. The normalized spacial score (nSPS) is 19.1. The molecule has 1 aliphatic heterocycles. The van der Waals surface area contributed by atoms with E-state index in [4.69, 9.17) is 0 Å². The lowest BCUT2D eigenvalue weighted by Gasteiger charge is -2.42. The molecule has 1 aromatic carbocycles. The molecule has 0 aliphatic carbocycles. The predicted octanol–water partition coefficient (Wildman–Crippen LogP) is 1.62. The molecule has 4 heteroatoms. The number of piperazine rings is 1. The Labute approximate surface area is 115 Å². The predicted molar refractivity (Wildman–Crippen MR) is 78.3 cm³/mol. The topological polar surface area (TPSA) is 44.4 Å². The van der Waals surface area contributed by atoms with E-state index >= 15 is 0 Å². The zero-order valence-electron chi connectivity index (χ0n) is 12.0. The van der Waals surface area contributed by atoms with Gasteiger partial charge in [-0.15, -0.1) is 0 Å². The molecule has 0 radical (unpaired) electrons. The molecule has 0 bridgehead atoms. The zero-order chi connectivity index (χ0) is 13.9. The second kappa shape index (κ2) is 5.72. The number of aryl methyl sites for hydroxylation is 1. The smallest absolute Gasteiger partial charge is 0.238 e. The second-order valence-corrected chi connectivity index (χ2v) is 5.82. The van der Waals surface area contributed by atoms with Gasteiger partial charge in [-0.1, -0.05) is 17.7 Å². The van der Waals surface area contributed by atoms with Crippen molar-refractivity contribution in [1.29, 1.82) is 0 Å². The van der Waals surface area contributed by atoms with Crippen LogP contribution >= 0.6 is 0 Å². The van der Waals surface area contributed by atoms with Crippen LogP contribution in [0.2, 0.25) is 0 Å². The first-order valence-electron chi connectivity index (χ1n) is 6.80. The SMILES string of the molecule is Cc1ccc(NC(=O)CN2CCNCC2(C)C)cc1. The van der Waals surface area contributed by atoms with E-state index in [-0.39, 0.29) is 11.4 Å². The van der Waals surface area contributed by atoms with E-state index in [0.29, 0.717) is 6.54 Å². The molecule has 0 atom stereocenters. The molecule has 2 N–H and O–H groups in total. The lowest BCUT2D eigenvalue weighted by molar-refractivity contribution is -0.119. The molecule has 0 aromatic heterocycles. The first-order valence-corrected chi connectivity index (χ1v) is 6.80. The molecule has 1 amide bonds. The van der Waals surface area contributed by atoms with E-state index in [2.05, 4.69) is 29.4 Å². The van der Waals surface area contributed by atoms with Gasteiger partial charge in [-0.3, -0.25) is 9.69 Å². The third-order valence-electron chi connectivity index (χ3n) is 3.64. The minimum Gasteiger partial charge on any atom is -0.325 e. The lowest BCUT2D eigenvalue weighted by Crippen LogP contribution is -2.59. The molecule has 104 valence electrons. The van der Waals surface area contributed by atoms with Gasteiger partial charge in [-0.05, 0) is 32.9 Å². The first-order chi connectivity index (χ1) is 8.97. The minimum atomic E-state index is 0.0306. The fourth-order valence-electron chi connectivity index (χ4n) is 2.33. The molecule has 0 saturated carbocycles. The summed E-state index contributed by atoms with van der Waals surface area (Å²) >= 11 is 0. The van der Waals surface area contributed by atoms with Gasteiger partial charge in [0.2, 0.25) is 5.91 Å². The second-order valence-electron chi connectivity index (χ2n) is 5.82. The van der Waals surface area contributed by atoms with E-state index < -0.39 is 0 Å². The van der Waals surface area contributed by atoms with Crippen LogP contribution in [0.4, 0.5) is 5.69 Å². The molecule has 19 heavy (non-hydrogen) atoms. The molecule has 1 heterocycles. The Kier molecular flexibility index (Phi) is 4.22. The Morgan fingerprint density at radius 2 is 2.05 bits per heavy atom. The summed E-state index contributed by atoms with van der Waals surface area (Å²) in [6.07, 6.45) is 0. The monoisotopic (exact) mass is 261 g/mol. The van der Waals surface area contributed by atoms with Gasteiger partial charge in [-0.2, -0.15) is 0 Å². The third-order valence-corrected chi connectivity index (χ3v) is 3.64. The van der Waals surface area contributed by atoms with Crippen molar-refractivity contribution in [3.05, 3.63) is 29.8 Å². The van der Waals surface area contributed by atoms with Crippen molar-refractivity contribution < 1.29 is 4.79 Å². The van der Waals surface area contributed by atoms with Crippen LogP contribution in [0.15, 0.2) is 24.3 Å². The van der Waals surface area contributed by atoms with Gasteiger partial charge in [-0.25, -0.2) is 0 Å². The van der Waals surface area contributed by atoms with Crippen molar-refractivity contribution >= 4 is 11.6 Å². The van der Waals surface area contributed by atoms with Crippen LogP contribution in [0.25, 0.3) is 0 Å². The number of hydrogen-bond donors (Lipinski definition) is 2. The number of amides is 1. The summed E-state index contributed by atoms with van der Waals surface area (Å²) in [5.41, 5.74) is 2.09. The van der Waals surface area contributed by atoms with Gasteiger partial charge in [0.25, 0.3) is 0 Å². The maximum Gasteiger partial charge on any atom is 0.238 e. The molecular formula is C15H23N3O. The van der Waals surface area contributed by atoms with Crippen LogP contribution in [-0.2, 0) is 4.79 Å². The number of hydrogen-bond acceptors (Lipinski definition) is 3. The summed E-state index contributed by atoms with van der Waals surface area (Å²) in [6, 6.07) is 7.89. The number of carbonyl (C=O) groups excluding carboxylic acids is 1. The number of carbonyl (C=O) groups is 1. The van der Waals surface area contributed by atoms with Crippen LogP contribution < -0.4 is 10.6 Å². The van der Waals surface area contributed by atoms with Gasteiger partial charge in [0.15, 0.2) is 0 Å². The van der Waals surface area contributed by atoms with Crippen molar-refractivity contribution in [3.63, 3.8) is 0 Å². The highest BCUT2D eigenvalue weighted by Gasteiger charge is 2.30. The molecular weight excluding hydrogens is 238 g/mol. The molecule has 2 rings (SSSR count). The fraction of sp³-hybridized carbons (Fsp3) is 0.533. The van der Waals surface area contributed by atoms with Crippen LogP contribution in [0.5, 0.6) is 0 Å². The highest BCUT2D eigenvalue weighted by atomic mass is 16.2. The molecule has 0 spiro atoms. The average Bonchev–Trinajstić information content (AvgIpc) is 2.35. The van der Waals surface area contributed by atoms with Gasteiger partial charge in [0.05, 0.1) is 6.54 Å². The van der Waals surface area contributed by atoms with Crippen LogP contribution in [0, 0.1) is 6.92 Å². The van der Waals surface area contributed by atoms with Crippen molar-refractivity contribution in [2.75, 3.05) is 31.5 Å². The summed E-state index contributed by atoms with van der Waals surface area (Å²) in [7, 11) is 0. The Hall–Kier alpha value is -1.39. The van der Waals surface area contributed by atoms with Crippen molar-refractivity contribution in [3.8, 4) is 0 Å². The van der Waals surface area contributed by atoms with Gasteiger partial charge < -0.3 is 10.6 Å². The van der Waals surface area contributed by atoms with Gasteiger partial charge >= 0.3 is 0 Å². The Bertz CT molecular complexity index is 439. The van der Waals surface area contributed by atoms with E-state index in [0.717, 1.165) is 25.3 Å². The lowest BCUT2D eigenvalue weighted by atomic mass is 10.0. The van der Waals surface area contributed by atoms with E-state index in [1.807, 2.05) is 31.2 Å². The number of nitrogens with one attached hydrogen (secondary N) is 2. The third kappa shape index (κ3) is 3.78. The van der Waals surface area contributed by atoms with Crippen LogP contribution in [0.1, 0.15) is 19.4 Å². The first kappa shape index (κ1) is 14.0. The molecule has 1 fully saturated rings. The summed E-state index contributed by atoms with van der Waals surface area (Å²) < 4.78 is 0. The number of rotatable bonds is 3. The summed E-state index contributed by atoms with van der Waals surface area (Å²) in [4.78, 5) is 14.3. The standard InChI is InChI=1S/C15H23N3O/c1-12-4-6-13(7-5-12)17-14(19)10-18-9-8-16-11-15(18,2)3/h4-7,16H,8-11H2,1-3H3,(H,17,19). The summed E-state index contributed by atoms with van der Waals surface area (Å²) in [5, 5.41) is 6.31. The highest BCUT2D eigenvalue weighted by molar-refractivity contribution is 5.92. The molecule has 1 saturated heterocycles. The maximum absolute atomic E-state index is 12.1. The largest absolute Gasteiger partial charge is 0.325 e. The molecule has 0 unspecified atom stereocenters. The summed E-state index contributed by atoms with van der Waals surface area (Å²) in [5.74, 6) is 0.0545. The van der Waals surface area contributed by atoms with E-state index in [1.165, 1.54) is 5.56 Å². The molecule has 1 aliphatic rings. The minimum absolute atomic E-state index is 0.0306. The number of nitrogens with zero attached hydrogens (tertiary/aromatic N) is 1. The van der Waals surface area contributed by atoms with Crippen molar-refractivity contribution in [1.82, 2.24) is 10.2 Å². The average molecular weight is 261 g/mol. The van der Waals surface area contributed by atoms with Crippen LogP contribution in [-0.4, -0.2) is 42.5 Å². The zero-order valence-corrected chi connectivity index (χ0v) is 12.0. The van der Waals surface area contributed by atoms with Gasteiger partial charge in [0.1, 0.15) is 0 Å². The van der Waals surface area contributed by atoms with Crippen molar-refractivity contribution in [2.45, 2.75) is 26.3 Å². The molecule has 1 aromatic rings.